The van der Waals surface area contributed by atoms with Crippen molar-refractivity contribution >= 4 is 18.1 Å². The smallest absolute Gasteiger partial charge is 0.352 e. The summed E-state index contributed by atoms with van der Waals surface area (Å²) in [6.45, 7) is 6.52. The molecule has 0 bridgehead atoms. The topological polar surface area (TPSA) is 90.7 Å². The third-order valence-electron chi connectivity index (χ3n) is 5.25. The van der Waals surface area contributed by atoms with Gasteiger partial charge in [0.2, 0.25) is 5.88 Å². The Kier molecular flexibility index (Phi) is 6.87. The quantitative estimate of drug-likeness (QED) is 0.461. The molecule has 1 aliphatic heterocycles. The Bertz CT molecular complexity index is 957. The van der Waals surface area contributed by atoms with Crippen molar-refractivity contribution in [2.75, 3.05) is 18.1 Å². The zero-order valence-corrected chi connectivity index (χ0v) is 17.5. The fourth-order valence-electron chi connectivity index (χ4n) is 4.08. The zero-order valence-electron chi connectivity index (χ0n) is 17.5. The molecular formula is C22H27N3O5. The van der Waals surface area contributed by atoms with E-state index < -0.39 is 11.7 Å². The monoisotopic (exact) mass is 413 g/mol. The number of nitrogens with zero attached hydrogens (tertiary/aromatic N) is 3. The van der Waals surface area contributed by atoms with Crippen molar-refractivity contribution in [2.24, 2.45) is 0 Å². The van der Waals surface area contributed by atoms with Crippen LogP contribution >= 0.6 is 0 Å². The van der Waals surface area contributed by atoms with Gasteiger partial charge < -0.3 is 14.4 Å². The minimum Gasteiger partial charge on any atom is -0.477 e. The fraction of sp³-hybridized carbons (Fsp3) is 0.455. The van der Waals surface area contributed by atoms with Crippen LogP contribution in [0.2, 0.25) is 0 Å². The average Bonchev–Trinajstić information content (AvgIpc) is 3.03. The van der Waals surface area contributed by atoms with Crippen LogP contribution in [-0.2, 0) is 16.1 Å². The first-order chi connectivity index (χ1) is 14.5. The minimum atomic E-state index is -0.539. The highest BCUT2D eigenvalue weighted by Gasteiger charge is 2.42. The van der Waals surface area contributed by atoms with E-state index in [1.165, 1.54) is 4.57 Å². The van der Waals surface area contributed by atoms with E-state index in [1.54, 1.807) is 13.8 Å². The number of carbonyl (C=O) groups excluding carboxylic acids is 2. The highest BCUT2D eigenvalue weighted by Crippen LogP contribution is 2.41. The Morgan fingerprint density at radius 3 is 2.47 bits per heavy atom. The maximum absolute atomic E-state index is 13.0. The second-order valence-electron chi connectivity index (χ2n) is 7.02. The molecule has 2 aromatic rings. The van der Waals surface area contributed by atoms with Gasteiger partial charge in [-0.1, -0.05) is 37.3 Å². The van der Waals surface area contributed by atoms with E-state index in [0.29, 0.717) is 25.1 Å². The number of anilines is 1. The molecule has 30 heavy (non-hydrogen) atoms. The molecule has 0 spiro atoms. The van der Waals surface area contributed by atoms with Gasteiger partial charge in [-0.2, -0.15) is 4.98 Å². The number of benzene rings is 1. The van der Waals surface area contributed by atoms with Crippen LogP contribution < -0.4 is 15.3 Å². The number of aldehydes is 1. The van der Waals surface area contributed by atoms with E-state index >= 15 is 0 Å². The number of esters is 1. The van der Waals surface area contributed by atoms with Gasteiger partial charge in [0.1, 0.15) is 11.4 Å². The lowest BCUT2D eigenvalue weighted by atomic mass is 10.0. The molecule has 1 aromatic carbocycles. The first-order valence-electron chi connectivity index (χ1n) is 10.3. The predicted octanol–water partition coefficient (Wildman–Crippen LogP) is 2.75. The number of carbonyl (C=O) groups is 2. The summed E-state index contributed by atoms with van der Waals surface area (Å²) < 4.78 is 12.1. The summed E-state index contributed by atoms with van der Waals surface area (Å²) in [6, 6.07) is 9.11. The fourth-order valence-corrected chi connectivity index (χ4v) is 4.08. The molecule has 0 saturated carbocycles. The van der Waals surface area contributed by atoms with Crippen molar-refractivity contribution in [3.63, 3.8) is 0 Å². The molecule has 0 aliphatic carbocycles. The first-order valence-corrected chi connectivity index (χ1v) is 10.3. The van der Waals surface area contributed by atoms with E-state index in [0.717, 1.165) is 5.56 Å². The molecule has 0 amide bonds. The Morgan fingerprint density at radius 1 is 1.13 bits per heavy atom. The molecule has 2 unspecified atom stereocenters. The molecule has 8 heteroatoms. The maximum atomic E-state index is 13.0. The van der Waals surface area contributed by atoms with Crippen LogP contribution in [0.1, 0.15) is 55.6 Å². The summed E-state index contributed by atoms with van der Waals surface area (Å²) >= 11 is 0. The molecule has 8 nitrogen and oxygen atoms in total. The van der Waals surface area contributed by atoms with Crippen molar-refractivity contribution in [3.05, 3.63) is 51.9 Å². The van der Waals surface area contributed by atoms with Gasteiger partial charge in [0.25, 0.3) is 0 Å². The van der Waals surface area contributed by atoms with Crippen LogP contribution in [-0.4, -0.2) is 41.1 Å². The molecule has 2 atom stereocenters. The van der Waals surface area contributed by atoms with E-state index in [-0.39, 0.29) is 43.1 Å². The van der Waals surface area contributed by atoms with E-state index in [1.807, 2.05) is 42.2 Å². The van der Waals surface area contributed by atoms with Gasteiger partial charge in [0, 0.05) is 6.54 Å². The SMILES string of the molecule is CCOC(=O)CC1C(CC)N(Cc2ccccc2)c2c(C=O)c(OCC)nc(=O)n21. The van der Waals surface area contributed by atoms with Crippen molar-refractivity contribution in [2.45, 2.75) is 52.2 Å². The van der Waals surface area contributed by atoms with Gasteiger partial charge in [0.05, 0.1) is 31.7 Å². The largest absolute Gasteiger partial charge is 0.477 e. The lowest BCUT2D eigenvalue weighted by molar-refractivity contribution is -0.144. The third-order valence-corrected chi connectivity index (χ3v) is 5.25. The zero-order chi connectivity index (χ0) is 21.7. The lowest BCUT2D eigenvalue weighted by Crippen LogP contribution is -2.35. The van der Waals surface area contributed by atoms with E-state index in [2.05, 4.69) is 4.98 Å². The average molecular weight is 413 g/mol. The second-order valence-corrected chi connectivity index (χ2v) is 7.02. The highest BCUT2D eigenvalue weighted by atomic mass is 16.5. The summed E-state index contributed by atoms with van der Waals surface area (Å²) in [4.78, 5) is 43.3. The predicted molar refractivity (Wildman–Crippen MR) is 112 cm³/mol. The number of ether oxygens (including phenoxy) is 2. The summed E-state index contributed by atoms with van der Waals surface area (Å²) in [5.41, 5.74) is 0.706. The molecule has 1 aromatic heterocycles. The molecule has 1 aliphatic rings. The van der Waals surface area contributed by atoms with Gasteiger partial charge in [-0.25, -0.2) is 4.79 Å². The number of rotatable bonds is 9. The molecule has 3 rings (SSSR count). The highest BCUT2D eigenvalue weighted by molar-refractivity contribution is 5.87. The maximum Gasteiger partial charge on any atom is 0.352 e. The minimum absolute atomic E-state index is 0.0217. The van der Waals surface area contributed by atoms with Crippen LogP contribution in [0.5, 0.6) is 5.88 Å². The van der Waals surface area contributed by atoms with Crippen LogP contribution in [0.25, 0.3) is 0 Å². The number of hydrogen-bond donors (Lipinski definition) is 0. The molecule has 0 radical (unpaired) electrons. The normalized spacial score (nSPS) is 17.5. The molecular weight excluding hydrogens is 386 g/mol. The van der Waals surface area contributed by atoms with Gasteiger partial charge in [-0.15, -0.1) is 0 Å². The molecule has 0 N–H and O–H groups in total. The van der Waals surface area contributed by atoms with Crippen LogP contribution in [0.3, 0.4) is 0 Å². The Hall–Kier alpha value is -3.16. The van der Waals surface area contributed by atoms with E-state index in [4.69, 9.17) is 9.47 Å². The molecule has 160 valence electrons. The van der Waals surface area contributed by atoms with Gasteiger partial charge in [-0.05, 0) is 25.8 Å². The third kappa shape index (κ3) is 4.08. The summed E-state index contributed by atoms with van der Waals surface area (Å²) in [5.74, 6) is 0.0776. The second kappa shape index (κ2) is 9.56. The van der Waals surface area contributed by atoms with Crippen molar-refractivity contribution < 1.29 is 19.1 Å². The van der Waals surface area contributed by atoms with Gasteiger partial charge >= 0.3 is 11.7 Å². The van der Waals surface area contributed by atoms with Gasteiger partial charge in [-0.3, -0.25) is 14.2 Å². The Morgan fingerprint density at radius 2 is 1.87 bits per heavy atom. The number of hydrogen-bond acceptors (Lipinski definition) is 7. The van der Waals surface area contributed by atoms with Crippen molar-refractivity contribution in [1.82, 2.24) is 9.55 Å². The van der Waals surface area contributed by atoms with Crippen LogP contribution in [0.4, 0.5) is 5.82 Å². The van der Waals surface area contributed by atoms with Gasteiger partial charge in [0.15, 0.2) is 6.29 Å². The Balaban J connectivity index is 2.17. The molecule has 0 fully saturated rings. The number of fused-ring (bicyclic) bond motifs is 1. The van der Waals surface area contributed by atoms with Crippen molar-refractivity contribution in [1.29, 1.82) is 0 Å². The van der Waals surface area contributed by atoms with Crippen LogP contribution in [0.15, 0.2) is 35.1 Å². The van der Waals surface area contributed by atoms with Crippen LogP contribution in [0, 0.1) is 0 Å². The summed E-state index contributed by atoms with van der Waals surface area (Å²) in [6.07, 6.45) is 1.36. The standard InChI is InChI=1S/C22H27N3O5/c1-4-17-18(12-19(27)29-5-2)25-21(24(17)13-15-10-8-7-9-11-15)16(14-26)20(30-6-3)23-22(25)28/h7-11,14,17-18H,4-6,12-13H2,1-3H3. The lowest BCUT2D eigenvalue weighted by Gasteiger charge is -2.28. The number of aromatic nitrogens is 2. The first kappa shape index (κ1) is 21.5. The van der Waals surface area contributed by atoms with E-state index in [9.17, 15) is 14.4 Å². The summed E-state index contributed by atoms with van der Waals surface area (Å²) in [7, 11) is 0. The van der Waals surface area contributed by atoms with Crippen molar-refractivity contribution in [3.8, 4) is 5.88 Å². The molecule has 2 heterocycles. The molecule has 0 saturated heterocycles. The Labute approximate surface area is 175 Å². The summed E-state index contributed by atoms with van der Waals surface area (Å²) in [5, 5.41) is 0.